The zero-order valence-electron chi connectivity index (χ0n) is 12.2. The number of carbonyl (C=O) groups is 1. The molecule has 0 bridgehead atoms. The fraction of sp³-hybridized carbons (Fsp3) is 0.312. The van der Waals surface area contributed by atoms with Crippen LogP contribution in [0.25, 0.3) is 0 Å². The molecule has 2 aromatic rings. The lowest BCUT2D eigenvalue weighted by atomic mass is 10.1. The van der Waals surface area contributed by atoms with Gasteiger partial charge in [-0.3, -0.25) is 4.79 Å². The minimum Gasteiger partial charge on any atom is -0.494 e. The summed E-state index contributed by atoms with van der Waals surface area (Å²) < 4.78 is 5.40. The summed E-state index contributed by atoms with van der Waals surface area (Å²) in [5.74, 6) is 0.661. The van der Waals surface area contributed by atoms with Crippen molar-refractivity contribution in [3.63, 3.8) is 0 Å². The molecule has 112 valence electrons. The summed E-state index contributed by atoms with van der Waals surface area (Å²) in [5.41, 5.74) is 6.97. The molecule has 2 rings (SSSR count). The van der Waals surface area contributed by atoms with E-state index in [0.29, 0.717) is 6.61 Å². The first-order valence-electron chi connectivity index (χ1n) is 6.94. The van der Waals surface area contributed by atoms with E-state index in [0.717, 1.165) is 16.2 Å². The molecular weight excluding hydrogens is 284 g/mol. The van der Waals surface area contributed by atoms with E-state index in [-0.39, 0.29) is 11.9 Å². The van der Waals surface area contributed by atoms with Crippen molar-refractivity contribution in [1.82, 2.24) is 5.32 Å². The zero-order chi connectivity index (χ0) is 15.2. The van der Waals surface area contributed by atoms with E-state index < -0.39 is 6.04 Å². The monoisotopic (exact) mass is 304 g/mol. The zero-order valence-corrected chi connectivity index (χ0v) is 13.0. The number of ether oxygens (including phenoxy) is 1. The van der Waals surface area contributed by atoms with Crippen LogP contribution in [-0.4, -0.2) is 12.5 Å². The summed E-state index contributed by atoms with van der Waals surface area (Å²) in [5, 5.41) is 4.85. The molecule has 1 aromatic carbocycles. The van der Waals surface area contributed by atoms with E-state index in [4.69, 9.17) is 10.5 Å². The molecule has 0 fully saturated rings. The van der Waals surface area contributed by atoms with Crippen LogP contribution < -0.4 is 15.8 Å². The molecule has 5 heteroatoms. The molecule has 2 unspecified atom stereocenters. The average Bonchev–Trinajstić information content (AvgIpc) is 3.01. The second-order valence-corrected chi connectivity index (χ2v) is 5.70. The SMILES string of the molecule is CCOc1ccc(C(C)NC(=O)C(N)c2cccs2)cc1. The third-order valence-corrected chi connectivity index (χ3v) is 4.14. The van der Waals surface area contributed by atoms with Gasteiger partial charge in [0, 0.05) is 4.88 Å². The van der Waals surface area contributed by atoms with E-state index in [1.165, 1.54) is 11.3 Å². The van der Waals surface area contributed by atoms with Gasteiger partial charge in [-0.1, -0.05) is 18.2 Å². The predicted molar refractivity (Wildman–Crippen MR) is 85.4 cm³/mol. The van der Waals surface area contributed by atoms with Crippen LogP contribution in [0.4, 0.5) is 0 Å². The second-order valence-electron chi connectivity index (χ2n) is 4.73. The quantitative estimate of drug-likeness (QED) is 0.862. The summed E-state index contributed by atoms with van der Waals surface area (Å²) in [6.07, 6.45) is 0. The summed E-state index contributed by atoms with van der Waals surface area (Å²) in [7, 11) is 0. The van der Waals surface area contributed by atoms with Gasteiger partial charge < -0.3 is 15.8 Å². The number of rotatable bonds is 6. The highest BCUT2D eigenvalue weighted by molar-refractivity contribution is 7.10. The van der Waals surface area contributed by atoms with Crippen LogP contribution in [0.15, 0.2) is 41.8 Å². The Balaban J connectivity index is 1.97. The number of hydrogen-bond donors (Lipinski definition) is 2. The van der Waals surface area contributed by atoms with Crippen LogP contribution in [-0.2, 0) is 4.79 Å². The Morgan fingerprint density at radius 1 is 1.33 bits per heavy atom. The molecular formula is C16H20N2O2S. The first kappa shape index (κ1) is 15.5. The van der Waals surface area contributed by atoms with Crippen molar-refractivity contribution >= 4 is 17.2 Å². The Labute approximate surface area is 128 Å². The average molecular weight is 304 g/mol. The van der Waals surface area contributed by atoms with Crippen molar-refractivity contribution in [2.75, 3.05) is 6.61 Å². The van der Waals surface area contributed by atoms with E-state index in [2.05, 4.69) is 5.32 Å². The molecule has 0 aliphatic rings. The lowest BCUT2D eigenvalue weighted by Gasteiger charge is -2.17. The van der Waals surface area contributed by atoms with Gasteiger partial charge in [-0.05, 0) is 43.0 Å². The highest BCUT2D eigenvalue weighted by atomic mass is 32.1. The number of amides is 1. The number of carbonyl (C=O) groups excluding carboxylic acids is 1. The van der Waals surface area contributed by atoms with Crippen molar-refractivity contribution in [2.24, 2.45) is 5.73 Å². The maximum absolute atomic E-state index is 12.1. The second kappa shape index (κ2) is 7.24. The van der Waals surface area contributed by atoms with Gasteiger partial charge in [0.05, 0.1) is 12.6 Å². The molecule has 0 aliphatic heterocycles. The maximum Gasteiger partial charge on any atom is 0.242 e. The Kier molecular flexibility index (Phi) is 5.36. The van der Waals surface area contributed by atoms with Gasteiger partial charge >= 0.3 is 0 Å². The first-order valence-corrected chi connectivity index (χ1v) is 7.82. The maximum atomic E-state index is 12.1. The molecule has 1 heterocycles. The Morgan fingerprint density at radius 3 is 2.62 bits per heavy atom. The molecule has 0 aliphatic carbocycles. The minimum atomic E-state index is -0.616. The van der Waals surface area contributed by atoms with Gasteiger partial charge in [0.15, 0.2) is 0 Å². The molecule has 21 heavy (non-hydrogen) atoms. The van der Waals surface area contributed by atoms with Crippen LogP contribution in [0.3, 0.4) is 0 Å². The number of nitrogens with one attached hydrogen (secondary N) is 1. The minimum absolute atomic E-state index is 0.0980. The smallest absolute Gasteiger partial charge is 0.242 e. The number of thiophene rings is 1. The van der Waals surface area contributed by atoms with Gasteiger partial charge in [0.25, 0.3) is 0 Å². The van der Waals surface area contributed by atoms with E-state index in [1.54, 1.807) is 0 Å². The van der Waals surface area contributed by atoms with E-state index in [1.807, 2.05) is 55.6 Å². The normalized spacial score (nSPS) is 13.5. The van der Waals surface area contributed by atoms with Crippen LogP contribution in [0, 0.1) is 0 Å². The van der Waals surface area contributed by atoms with Crippen molar-refractivity contribution in [3.8, 4) is 5.75 Å². The summed E-state index contributed by atoms with van der Waals surface area (Å²) in [6, 6.07) is 10.8. The lowest BCUT2D eigenvalue weighted by molar-refractivity contribution is -0.123. The number of benzene rings is 1. The Hall–Kier alpha value is -1.85. The molecule has 1 amide bonds. The molecule has 1 aromatic heterocycles. The van der Waals surface area contributed by atoms with Crippen molar-refractivity contribution in [2.45, 2.75) is 25.9 Å². The highest BCUT2D eigenvalue weighted by Crippen LogP contribution is 2.20. The fourth-order valence-corrected chi connectivity index (χ4v) is 2.73. The summed E-state index contributed by atoms with van der Waals surface area (Å²) in [4.78, 5) is 13.0. The van der Waals surface area contributed by atoms with Crippen molar-refractivity contribution < 1.29 is 9.53 Å². The summed E-state index contributed by atoms with van der Waals surface area (Å²) >= 11 is 1.49. The molecule has 2 atom stereocenters. The van der Waals surface area contributed by atoms with Gasteiger partial charge in [-0.2, -0.15) is 0 Å². The van der Waals surface area contributed by atoms with Crippen molar-refractivity contribution in [1.29, 1.82) is 0 Å². The van der Waals surface area contributed by atoms with Crippen molar-refractivity contribution in [3.05, 3.63) is 52.2 Å². The predicted octanol–water partition coefficient (Wildman–Crippen LogP) is 3.02. The Morgan fingerprint density at radius 2 is 2.05 bits per heavy atom. The standard InChI is InChI=1S/C16H20N2O2S/c1-3-20-13-8-6-12(7-9-13)11(2)18-16(19)15(17)14-5-4-10-21-14/h4-11,15H,3,17H2,1-2H3,(H,18,19). The third-order valence-electron chi connectivity index (χ3n) is 3.18. The van der Waals surface area contributed by atoms with Crippen LogP contribution in [0.2, 0.25) is 0 Å². The molecule has 0 saturated carbocycles. The molecule has 3 N–H and O–H groups in total. The Bertz CT molecular complexity index is 566. The van der Waals surface area contributed by atoms with E-state index in [9.17, 15) is 4.79 Å². The number of hydrogen-bond acceptors (Lipinski definition) is 4. The molecule has 0 saturated heterocycles. The molecule has 0 spiro atoms. The van der Waals surface area contributed by atoms with Gasteiger partial charge in [-0.15, -0.1) is 11.3 Å². The fourth-order valence-electron chi connectivity index (χ4n) is 2.00. The summed E-state index contributed by atoms with van der Waals surface area (Å²) in [6.45, 7) is 4.53. The first-order chi connectivity index (χ1) is 10.1. The van der Waals surface area contributed by atoms with Crippen LogP contribution >= 0.6 is 11.3 Å². The third kappa shape index (κ3) is 4.06. The van der Waals surface area contributed by atoms with Gasteiger partial charge in [-0.25, -0.2) is 0 Å². The van der Waals surface area contributed by atoms with Gasteiger partial charge in [0.2, 0.25) is 5.91 Å². The largest absolute Gasteiger partial charge is 0.494 e. The van der Waals surface area contributed by atoms with E-state index >= 15 is 0 Å². The topological polar surface area (TPSA) is 64.3 Å². The highest BCUT2D eigenvalue weighted by Gasteiger charge is 2.19. The number of nitrogens with two attached hydrogens (primary N) is 1. The van der Waals surface area contributed by atoms with Crippen LogP contribution in [0.1, 0.15) is 36.4 Å². The van der Waals surface area contributed by atoms with Gasteiger partial charge in [0.1, 0.15) is 11.8 Å². The molecule has 0 radical (unpaired) electrons. The lowest BCUT2D eigenvalue weighted by Crippen LogP contribution is -2.35. The van der Waals surface area contributed by atoms with Crippen LogP contribution in [0.5, 0.6) is 5.75 Å². The molecule has 4 nitrogen and oxygen atoms in total.